The first kappa shape index (κ1) is 32.1. The van der Waals surface area contributed by atoms with Crippen LogP contribution in [0.1, 0.15) is 141 Å². The molecule has 4 nitrogen and oxygen atoms in total. The van der Waals surface area contributed by atoms with E-state index in [4.69, 9.17) is 4.74 Å². The van der Waals surface area contributed by atoms with E-state index in [0.29, 0.717) is 18.7 Å². The highest BCUT2D eigenvalue weighted by Crippen LogP contribution is 2.26. The van der Waals surface area contributed by atoms with Gasteiger partial charge in [-0.15, -0.1) is 0 Å². The number of hydrogen-bond acceptors (Lipinski definition) is 3. The van der Waals surface area contributed by atoms with Crippen molar-refractivity contribution in [2.45, 2.75) is 142 Å². The van der Waals surface area contributed by atoms with Gasteiger partial charge in [0.05, 0.1) is 7.11 Å². The van der Waals surface area contributed by atoms with E-state index in [2.05, 4.69) is 24.4 Å². The van der Waals surface area contributed by atoms with Gasteiger partial charge in [-0.2, -0.15) is 0 Å². The Bertz CT molecular complexity index is 686. The number of hydrogen-bond donors (Lipinski definition) is 2. The summed E-state index contributed by atoms with van der Waals surface area (Å²) >= 11 is 0. The van der Waals surface area contributed by atoms with E-state index >= 15 is 0 Å². The van der Waals surface area contributed by atoms with Gasteiger partial charge in [0, 0.05) is 13.0 Å². The molecule has 0 fully saturated rings. The second-order valence-electron chi connectivity index (χ2n) is 10.2. The third kappa shape index (κ3) is 18.3. The number of carbonyl (C=O) groups excluding carboxylic acids is 1. The van der Waals surface area contributed by atoms with Crippen LogP contribution in [0, 0.1) is 0 Å². The molecule has 2 N–H and O–H groups in total. The Labute approximate surface area is 222 Å². The summed E-state index contributed by atoms with van der Waals surface area (Å²) in [5.74, 6) is 0.643. The fourth-order valence-electron chi connectivity index (χ4n) is 4.54. The van der Waals surface area contributed by atoms with Crippen LogP contribution in [0.3, 0.4) is 0 Å². The molecule has 0 radical (unpaired) electrons. The lowest BCUT2D eigenvalue weighted by Crippen LogP contribution is -2.22. The summed E-state index contributed by atoms with van der Waals surface area (Å²) in [6.07, 6.45) is 30.4. The van der Waals surface area contributed by atoms with Crippen molar-refractivity contribution < 1.29 is 14.6 Å². The highest BCUT2D eigenvalue weighted by atomic mass is 16.5. The van der Waals surface area contributed by atoms with Crippen molar-refractivity contribution in [2.24, 2.45) is 0 Å². The SMILES string of the molecule is CCCCCCC/C=C\CCCCCCCCCCCCCCC(=O)NCc1ccc(O)c(OC)c1. The Balaban J connectivity index is 1.81. The lowest BCUT2D eigenvalue weighted by atomic mass is 10.0. The van der Waals surface area contributed by atoms with Gasteiger partial charge in [0.15, 0.2) is 11.5 Å². The number of rotatable bonds is 24. The summed E-state index contributed by atoms with van der Waals surface area (Å²) in [6.45, 7) is 2.74. The van der Waals surface area contributed by atoms with Gasteiger partial charge < -0.3 is 15.2 Å². The molecular formula is C32H55NO3. The lowest BCUT2D eigenvalue weighted by Gasteiger charge is -2.08. The van der Waals surface area contributed by atoms with Crippen LogP contribution >= 0.6 is 0 Å². The number of aromatic hydroxyl groups is 1. The molecule has 0 saturated carbocycles. The molecule has 1 rings (SSSR count). The molecule has 1 aromatic carbocycles. The Kier molecular flexibility index (Phi) is 20.9. The quantitative estimate of drug-likeness (QED) is 0.110. The summed E-state index contributed by atoms with van der Waals surface area (Å²) in [4.78, 5) is 12.0. The zero-order valence-electron chi connectivity index (χ0n) is 23.5. The molecule has 0 aromatic heterocycles. The van der Waals surface area contributed by atoms with Crippen molar-refractivity contribution in [1.82, 2.24) is 5.32 Å². The molecule has 0 spiro atoms. The number of allylic oxidation sites excluding steroid dienone is 2. The number of carbonyl (C=O) groups is 1. The predicted molar refractivity (Wildman–Crippen MR) is 154 cm³/mol. The average molecular weight is 502 g/mol. The van der Waals surface area contributed by atoms with Gasteiger partial charge in [-0.3, -0.25) is 4.79 Å². The minimum atomic E-state index is 0.0934. The standard InChI is InChI=1S/C32H55NO3/c1-3-4-5-6-7-8-9-10-11-12-13-14-15-16-17-18-19-20-21-22-23-24-32(35)33-28-29-25-26-30(34)31(27-29)36-2/h9-10,25-27,34H,3-8,11-24,28H2,1-2H3,(H,33,35)/b10-9-. The molecule has 36 heavy (non-hydrogen) atoms. The lowest BCUT2D eigenvalue weighted by molar-refractivity contribution is -0.121. The van der Waals surface area contributed by atoms with Crippen LogP contribution in [0.4, 0.5) is 0 Å². The topological polar surface area (TPSA) is 58.6 Å². The number of ether oxygens (including phenoxy) is 1. The highest BCUT2D eigenvalue weighted by molar-refractivity contribution is 5.75. The zero-order valence-corrected chi connectivity index (χ0v) is 23.5. The van der Waals surface area contributed by atoms with Gasteiger partial charge in [-0.1, -0.05) is 115 Å². The monoisotopic (exact) mass is 501 g/mol. The van der Waals surface area contributed by atoms with E-state index in [-0.39, 0.29) is 11.7 Å². The van der Waals surface area contributed by atoms with Crippen LogP contribution in [0.25, 0.3) is 0 Å². The van der Waals surface area contributed by atoms with Crippen molar-refractivity contribution in [1.29, 1.82) is 0 Å². The molecule has 0 saturated heterocycles. The first-order valence-electron chi connectivity index (χ1n) is 14.9. The van der Waals surface area contributed by atoms with Crippen LogP contribution in [0.5, 0.6) is 11.5 Å². The number of phenolic OH excluding ortho intramolecular Hbond substituents is 1. The van der Waals surface area contributed by atoms with E-state index in [1.165, 1.54) is 116 Å². The van der Waals surface area contributed by atoms with Crippen molar-refractivity contribution in [3.8, 4) is 11.5 Å². The van der Waals surface area contributed by atoms with Crippen LogP contribution in [-0.4, -0.2) is 18.1 Å². The largest absolute Gasteiger partial charge is 0.504 e. The van der Waals surface area contributed by atoms with E-state index < -0.39 is 0 Å². The smallest absolute Gasteiger partial charge is 0.220 e. The third-order valence-corrected chi connectivity index (χ3v) is 6.90. The Hall–Kier alpha value is -1.97. The molecule has 0 aliphatic carbocycles. The number of benzene rings is 1. The van der Waals surface area contributed by atoms with Crippen LogP contribution in [-0.2, 0) is 11.3 Å². The molecule has 0 aliphatic heterocycles. The third-order valence-electron chi connectivity index (χ3n) is 6.90. The number of methoxy groups -OCH3 is 1. The van der Waals surface area contributed by atoms with E-state index in [0.717, 1.165) is 18.4 Å². The average Bonchev–Trinajstić information content (AvgIpc) is 2.89. The molecule has 206 valence electrons. The highest BCUT2D eigenvalue weighted by Gasteiger charge is 2.05. The second kappa shape index (κ2) is 23.4. The normalized spacial score (nSPS) is 11.3. The number of unbranched alkanes of at least 4 members (excludes halogenated alkanes) is 17. The molecule has 0 heterocycles. The molecule has 1 aromatic rings. The van der Waals surface area contributed by atoms with Crippen molar-refractivity contribution in [3.63, 3.8) is 0 Å². The van der Waals surface area contributed by atoms with Crippen LogP contribution in [0.2, 0.25) is 0 Å². The Morgan fingerprint density at radius 2 is 1.28 bits per heavy atom. The molecule has 0 unspecified atom stereocenters. The first-order valence-corrected chi connectivity index (χ1v) is 14.9. The molecular weight excluding hydrogens is 446 g/mol. The predicted octanol–water partition coefficient (Wildman–Crippen LogP) is 9.40. The summed E-state index contributed by atoms with van der Waals surface area (Å²) in [5.41, 5.74) is 0.925. The maximum absolute atomic E-state index is 12.0. The summed E-state index contributed by atoms with van der Waals surface area (Å²) in [7, 11) is 1.52. The maximum atomic E-state index is 12.0. The number of phenols is 1. The van der Waals surface area contributed by atoms with Crippen molar-refractivity contribution >= 4 is 5.91 Å². The van der Waals surface area contributed by atoms with Gasteiger partial charge in [-0.05, 0) is 49.8 Å². The minimum absolute atomic E-state index is 0.0934. The summed E-state index contributed by atoms with van der Waals surface area (Å²) < 4.78 is 5.10. The van der Waals surface area contributed by atoms with Gasteiger partial charge in [0.25, 0.3) is 0 Å². The first-order chi connectivity index (χ1) is 17.7. The van der Waals surface area contributed by atoms with Crippen LogP contribution < -0.4 is 10.1 Å². The molecule has 0 atom stereocenters. The van der Waals surface area contributed by atoms with E-state index in [1.54, 1.807) is 18.2 Å². The second-order valence-corrected chi connectivity index (χ2v) is 10.2. The van der Waals surface area contributed by atoms with Crippen LogP contribution in [0.15, 0.2) is 30.4 Å². The van der Waals surface area contributed by atoms with Crippen molar-refractivity contribution in [2.75, 3.05) is 7.11 Å². The van der Waals surface area contributed by atoms with Gasteiger partial charge in [-0.25, -0.2) is 0 Å². The number of nitrogens with one attached hydrogen (secondary N) is 1. The van der Waals surface area contributed by atoms with E-state index in [1.807, 2.05) is 0 Å². The van der Waals surface area contributed by atoms with Crippen molar-refractivity contribution in [3.05, 3.63) is 35.9 Å². The Morgan fingerprint density at radius 1 is 0.778 bits per heavy atom. The summed E-state index contributed by atoms with van der Waals surface area (Å²) in [6, 6.07) is 5.15. The zero-order chi connectivity index (χ0) is 26.1. The van der Waals surface area contributed by atoms with Gasteiger partial charge in [0.1, 0.15) is 0 Å². The maximum Gasteiger partial charge on any atom is 0.220 e. The molecule has 4 heteroatoms. The minimum Gasteiger partial charge on any atom is -0.504 e. The van der Waals surface area contributed by atoms with Gasteiger partial charge >= 0.3 is 0 Å². The molecule has 0 bridgehead atoms. The number of amides is 1. The fraction of sp³-hybridized carbons (Fsp3) is 0.719. The van der Waals surface area contributed by atoms with E-state index in [9.17, 15) is 9.90 Å². The Morgan fingerprint density at radius 3 is 1.81 bits per heavy atom. The van der Waals surface area contributed by atoms with Gasteiger partial charge in [0.2, 0.25) is 5.91 Å². The molecule has 0 aliphatic rings. The molecule has 1 amide bonds. The fourth-order valence-corrected chi connectivity index (χ4v) is 4.54. The summed E-state index contributed by atoms with van der Waals surface area (Å²) in [5, 5.41) is 12.6.